The molecule has 0 spiro atoms. The third-order valence-electron chi connectivity index (χ3n) is 2.19. The molecule has 0 bridgehead atoms. The smallest absolute Gasteiger partial charge is 0.107 e. The molecule has 0 amide bonds. The van der Waals surface area contributed by atoms with E-state index < -0.39 is 0 Å². The number of nitrogens with one attached hydrogen (secondary N) is 1. The molecule has 0 atom stereocenters. The topological polar surface area (TPSA) is 47.3 Å². The van der Waals surface area contributed by atoms with Crippen LogP contribution in [0.1, 0.15) is 12.5 Å². The molecule has 1 rings (SSSR count). The summed E-state index contributed by atoms with van der Waals surface area (Å²) in [6, 6.07) is 6.04. The largest absolute Gasteiger partial charge is 0.389 e. The second kappa shape index (κ2) is 7.53. The molecule has 0 aromatic heterocycles. The molecule has 1 aromatic carbocycles. The van der Waals surface area contributed by atoms with Crippen molar-refractivity contribution in [3.05, 3.63) is 23.8 Å². The summed E-state index contributed by atoms with van der Waals surface area (Å²) in [4.78, 5) is 1.56. The Bertz CT molecular complexity index is 383. The van der Waals surface area contributed by atoms with Crippen molar-refractivity contribution in [2.45, 2.75) is 11.8 Å². The van der Waals surface area contributed by atoms with Gasteiger partial charge in [-0.05, 0) is 17.9 Å². The van der Waals surface area contributed by atoms with Crippen LogP contribution >= 0.6 is 24.0 Å². The summed E-state index contributed by atoms with van der Waals surface area (Å²) in [6.45, 7) is 3.51. The van der Waals surface area contributed by atoms with Crippen molar-refractivity contribution in [3.8, 4) is 0 Å². The predicted molar refractivity (Wildman–Crippen MR) is 79.1 cm³/mol. The number of rotatable bonds is 7. The summed E-state index contributed by atoms with van der Waals surface area (Å²) in [6.07, 6.45) is 0. The first-order valence-corrected chi connectivity index (χ1v) is 6.88. The summed E-state index contributed by atoms with van der Waals surface area (Å²) in [5.41, 5.74) is 7.71. The van der Waals surface area contributed by atoms with Crippen LogP contribution in [-0.4, -0.2) is 31.0 Å². The molecule has 5 heteroatoms. The first kappa shape index (κ1) is 14.3. The van der Waals surface area contributed by atoms with Gasteiger partial charge >= 0.3 is 0 Å². The number of benzene rings is 1. The van der Waals surface area contributed by atoms with Gasteiger partial charge in [0.1, 0.15) is 4.99 Å². The van der Waals surface area contributed by atoms with Gasteiger partial charge in [-0.15, -0.1) is 11.8 Å². The van der Waals surface area contributed by atoms with Crippen molar-refractivity contribution in [2.24, 2.45) is 5.73 Å². The predicted octanol–water partition coefficient (Wildman–Crippen LogP) is 2.49. The molecule has 1 aromatic rings. The van der Waals surface area contributed by atoms with Gasteiger partial charge in [0.25, 0.3) is 0 Å². The zero-order chi connectivity index (χ0) is 12.7. The molecule has 0 aliphatic rings. The van der Waals surface area contributed by atoms with Gasteiger partial charge in [-0.2, -0.15) is 0 Å². The van der Waals surface area contributed by atoms with Gasteiger partial charge in [0.05, 0.1) is 6.61 Å². The lowest BCUT2D eigenvalue weighted by Crippen LogP contribution is -2.16. The van der Waals surface area contributed by atoms with Crippen LogP contribution in [0, 0.1) is 0 Å². The Morgan fingerprint density at radius 2 is 2.29 bits per heavy atom. The highest BCUT2D eigenvalue weighted by Crippen LogP contribution is 2.28. The number of nitrogens with two attached hydrogens (primary N) is 1. The quantitative estimate of drug-likeness (QED) is 0.453. The fourth-order valence-corrected chi connectivity index (χ4v) is 2.63. The van der Waals surface area contributed by atoms with E-state index in [1.165, 1.54) is 0 Å². The van der Waals surface area contributed by atoms with Gasteiger partial charge in [-0.3, -0.25) is 0 Å². The number of methoxy groups -OCH3 is 1. The third kappa shape index (κ3) is 4.18. The van der Waals surface area contributed by atoms with E-state index in [1.54, 1.807) is 18.9 Å². The van der Waals surface area contributed by atoms with Crippen molar-refractivity contribution in [2.75, 3.05) is 31.3 Å². The van der Waals surface area contributed by atoms with Crippen LogP contribution in [0.4, 0.5) is 5.69 Å². The van der Waals surface area contributed by atoms with E-state index in [9.17, 15) is 0 Å². The minimum Gasteiger partial charge on any atom is -0.389 e. The summed E-state index contributed by atoms with van der Waals surface area (Å²) in [7, 11) is 1.68. The van der Waals surface area contributed by atoms with Crippen molar-refractivity contribution in [1.82, 2.24) is 0 Å². The van der Waals surface area contributed by atoms with E-state index in [0.717, 1.165) is 28.4 Å². The normalized spacial score (nSPS) is 10.2. The lowest BCUT2D eigenvalue weighted by atomic mass is 10.1. The lowest BCUT2D eigenvalue weighted by Gasteiger charge is -2.14. The third-order valence-corrected chi connectivity index (χ3v) is 3.34. The first-order valence-electron chi connectivity index (χ1n) is 5.49. The summed E-state index contributed by atoms with van der Waals surface area (Å²) >= 11 is 6.87. The zero-order valence-corrected chi connectivity index (χ0v) is 11.8. The minimum atomic E-state index is 0.432. The van der Waals surface area contributed by atoms with Gasteiger partial charge in [-0.25, -0.2) is 0 Å². The molecule has 0 radical (unpaired) electrons. The van der Waals surface area contributed by atoms with Crippen LogP contribution in [0.3, 0.4) is 0 Å². The molecule has 3 N–H and O–H groups in total. The van der Waals surface area contributed by atoms with Crippen molar-refractivity contribution < 1.29 is 4.74 Å². The monoisotopic (exact) mass is 270 g/mol. The van der Waals surface area contributed by atoms with Crippen molar-refractivity contribution in [1.29, 1.82) is 0 Å². The highest BCUT2D eigenvalue weighted by Gasteiger charge is 2.10. The van der Waals surface area contributed by atoms with Gasteiger partial charge in [0.2, 0.25) is 0 Å². The zero-order valence-electron chi connectivity index (χ0n) is 10.2. The standard InChI is InChI=1S/C12H18N2OS2/c1-3-17-10-6-4-5-9(11(10)12(13)16)14-7-8-15-2/h4-6,14H,3,7-8H2,1-2H3,(H2,13,16). The molecule has 0 heterocycles. The Morgan fingerprint density at radius 3 is 2.88 bits per heavy atom. The van der Waals surface area contributed by atoms with Crippen LogP contribution < -0.4 is 11.1 Å². The van der Waals surface area contributed by atoms with E-state index in [-0.39, 0.29) is 0 Å². The molecule has 0 fully saturated rings. The lowest BCUT2D eigenvalue weighted by molar-refractivity contribution is 0.211. The Kier molecular flexibility index (Phi) is 6.32. The van der Waals surface area contributed by atoms with Crippen LogP contribution in [0.15, 0.2) is 23.1 Å². The maximum atomic E-state index is 5.80. The summed E-state index contributed by atoms with van der Waals surface area (Å²) < 4.78 is 5.01. The molecule has 3 nitrogen and oxygen atoms in total. The van der Waals surface area contributed by atoms with Crippen LogP contribution in [-0.2, 0) is 4.74 Å². The molecule has 0 saturated carbocycles. The fraction of sp³-hybridized carbons (Fsp3) is 0.417. The van der Waals surface area contributed by atoms with Crippen LogP contribution in [0.25, 0.3) is 0 Å². The van der Waals surface area contributed by atoms with E-state index in [0.29, 0.717) is 11.6 Å². The van der Waals surface area contributed by atoms with Crippen LogP contribution in [0.5, 0.6) is 0 Å². The number of thioether (sulfide) groups is 1. The highest BCUT2D eigenvalue weighted by atomic mass is 32.2. The molecule has 0 unspecified atom stereocenters. The maximum Gasteiger partial charge on any atom is 0.107 e. The highest BCUT2D eigenvalue weighted by molar-refractivity contribution is 7.99. The fourth-order valence-electron chi connectivity index (χ4n) is 1.50. The molecule has 0 aliphatic heterocycles. The Hall–Kier alpha value is -0.780. The average molecular weight is 270 g/mol. The Labute approximate surface area is 112 Å². The minimum absolute atomic E-state index is 0.432. The second-order valence-electron chi connectivity index (χ2n) is 3.40. The SMILES string of the molecule is CCSc1cccc(NCCOC)c1C(N)=S. The molecule has 0 saturated heterocycles. The first-order chi connectivity index (χ1) is 8.20. The van der Waals surface area contributed by atoms with E-state index >= 15 is 0 Å². The van der Waals surface area contributed by atoms with Crippen molar-refractivity contribution in [3.63, 3.8) is 0 Å². The number of hydrogen-bond acceptors (Lipinski definition) is 4. The number of thiocarbonyl (C=S) groups is 1. The molecular weight excluding hydrogens is 252 g/mol. The Morgan fingerprint density at radius 1 is 1.53 bits per heavy atom. The van der Waals surface area contributed by atoms with Gasteiger partial charge < -0.3 is 15.8 Å². The van der Waals surface area contributed by atoms with Gasteiger partial charge in [0, 0.05) is 29.8 Å². The maximum absolute atomic E-state index is 5.80. The van der Waals surface area contributed by atoms with Gasteiger partial charge in [-0.1, -0.05) is 25.2 Å². The molecular formula is C12H18N2OS2. The number of hydrogen-bond donors (Lipinski definition) is 2. The second-order valence-corrected chi connectivity index (χ2v) is 5.14. The van der Waals surface area contributed by atoms with Crippen molar-refractivity contribution >= 4 is 34.7 Å². The summed E-state index contributed by atoms with van der Waals surface area (Å²) in [5.74, 6) is 0.997. The number of ether oxygens (including phenoxy) is 1. The van der Waals surface area contributed by atoms with E-state index in [4.69, 9.17) is 22.7 Å². The molecule has 17 heavy (non-hydrogen) atoms. The molecule has 0 aliphatic carbocycles. The number of anilines is 1. The Balaban J connectivity index is 2.94. The molecule has 94 valence electrons. The van der Waals surface area contributed by atoms with Crippen LogP contribution in [0.2, 0.25) is 0 Å². The van der Waals surface area contributed by atoms with E-state index in [1.807, 2.05) is 18.2 Å². The van der Waals surface area contributed by atoms with E-state index in [2.05, 4.69) is 12.2 Å². The summed E-state index contributed by atoms with van der Waals surface area (Å²) in [5, 5.41) is 3.29. The van der Waals surface area contributed by atoms with Gasteiger partial charge in [0.15, 0.2) is 0 Å². The average Bonchev–Trinajstić information content (AvgIpc) is 2.29.